The van der Waals surface area contributed by atoms with E-state index in [1.165, 1.54) is 30.1 Å². The molecule has 0 aliphatic heterocycles. The molecule has 0 radical (unpaired) electrons. The highest BCUT2D eigenvalue weighted by atomic mass is 19.4. The lowest BCUT2D eigenvalue weighted by molar-refractivity contribution is -0.139. The number of nitrogens with zero attached hydrogens (tertiary/aromatic N) is 2. The van der Waals surface area contributed by atoms with Crippen molar-refractivity contribution in [3.63, 3.8) is 0 Å². The Kier molecular flexibility index (Phi) is 5.78. The lowest BCUT2D eigenvalue weighted by Gasteiger charge is -2.21. The van der Waals surface area contributed by atoms with Crippen molar-refractivity contribution in [1.29, 1.82) is 0 Å². The lowest BCUT2D eigenvalue weighted by atomic mass is 10.1. The summed E-state index contributed by atoms with van der Waals surface area (Å²) in [6.45, 7) is 1.36. The minimum atomic E-state index is -4.56. The maximum Gasteiger partial charge on any atom is 0.419 e. The van der Waals surface area contributed by atoms with Gasteiger partial charge in [-0.1, -0.05) is 23.8 Å². The topological polar surface area (TPSA) is 78.5 Å². The fourth-order valence-corrected chi connectivity index (χ4v) is 2.94. The number of halogens is 3. The standard InChI is InChI=1S/C20H20F3N3O3/c1-12-7-8-16-14(9-12)18(25-24-16)19(28)26(2)10-13(27)11-29-17-6-4-3-5-15(17)20(21,22)23/h3-9,13,27H,10-11H2,1-2H3,(H,24,25). The van der Waals surface area contributed by atoms with Crippen molar-refractivity contribution >= 4 is 16.8 Å². The van der Waals surface area contributed by atoms with Gasteiger partial charge in [-0.05, 0) is 31.2 Å². The molecule has 1 amide bonds. The number of para-hydroxylation sites is 1. The average molecular weight is 407 g/mol. The number of aromatic nitrogens is 2. The van der Waals surface area contributed by atoms with Crippen LogP contribution in [0.2, 0.25) is 0 Å². The molecule has 0 fully saturated rings. The molecule has 29 heavy (non-hydrogen) atoms. The van der Waals surface area contributed by atoms with E-state index < -0.39 is 30.4 Å². The largest absolute Gasteiger partial charge is 0.490 e. The minimum absolute atomic E-state index is 0.132. The van der Waals surface area contributed by atoms with Crippen molar-refractivity contribution in [3.8, 4) is 5.75 Å². The maximum atomic E-state index is 13.0. The van der Waals surface area contributed by atoms with Crippen LogP contribution in [0, 0.1) is 6.92 Å². The number of carbonyl (C=O) groups is 1. The molecule has 2 aromatic carbocycles. The Morgan fingerprint density at radius 3 is 2.72 bits per heavy atom. The van der Waals surface area contributed by atoms with E-state index in [2.05, 4.69) is 10.2 Å². The van der Waals surface area contributed by atoms with Crippen LogP contribution >= 0.6 is 0 Å². The molecule has 0 aliphatic rings. The number of aliphatic hydroxyl groups is 1. The predicted octanol–water partition coefficient (Wildman–Crippen LogP) is 3.40. The van der Waals surface area contributed by atoms with Crippen molar-refractivity contribution in [3.05, 3.63) is 59.3 Å². The van der Waals surface area contributed by atoms with Crippen LogP contribution in [-0.2, 0) is 6.18 Å². The second kappa shape index (κ2) is 8.12. The van der Waals surface area contributed by atoms with Crippen molar-refractivity contribution < 1.29 is 27.8 Å². The van der Waals surface area contributed by atoms with Gasteiger partial charge in [0.15, 0.2) is 5.69 Å². The summed E-state index contributed by atoms with van der Waals surface area (Å²) in [5, 5.41) is 17.6. The summed E-state index contributed by atoms with van der Waals surface area (Å²) in [6.07, 6.45) is -5.75. The van der Waals surface area contributed by atoms with Crippen molar-refractivity contribution in [2.45, 2.75) is 19.2 Å². The number of alkyl halides is 3. The number of hydrogen-bond acceptors (Lipinski definition) is 4. The molecule has 0 spiro atoms. The van der Waals surface area contributed by atoms with E-state index in [1.807, 2.05) is 25.1 Å². The van der Waals surface area contributed by atoms with Gasteiger partial charge in [-0.15, -0.1) is 0 Å². The van der Waals surface area contributed by atoms with E-state index in [-0.39, 0.29) is 18.0 Å². The molecule has 3 aromatic rings. The molecule has 6 nitrogen and oxygen atoms in total. The zero-order valence-corrected chi connectivity index (χ0v) is 15.8. The Morgan fingerprint density at radius 1 is 1.28 bits per heavy atom. The number of hydrogen-bond donors (Lipinski definition) is 2. The molecule has 154 valence electrons. The fraction of sp³-hybridized carbons (Fsp3) is 0.300. The summed E-state index contributed by atoms with van der Waals surface area (Å²) in [5.74, 6) is -0.793. The number of fused-ring (bicyclic) bond motifs is 1. The smallest absolute Gasteiger partial charge is 0.419 e. The molecule has 1 atom stereocenters. The monoisotopic (exact) mass is 407 g/mol. The maximum absolute atomic E-state index is 13.0. The Bertz CT molecular complexity index is 1020. The van der Waals surface area contributed by atoms with Crippen LogP contribution in [0.3, 0.4) is 0 Å². The average Bonchev–Trinajstić information content (AvgIpc) is 3.08. The van der Waals surface area contributed by atoms with Crippen LogP contribution in [0.25, 0.3) is 10.9 Å². The minimum Gasteiger partial charge on any atom is -0.490 e. The molecular formula is C20H20F3N3O3. The van der Waals surface area contributed by atoms with E-state index in [0.29, 0.717) is 10.9 Å². The normalized spacial score (nSPS) is 12.8. The third-order valence-electron chi connectivity index (χ3n) is 4.38. The predicted molar refractivity (Wildman–Crippen MR) is 101 cm³/mol. The number of carbonyl (C=O) groups excluding carboxylic acids is 1. The van der Waals surface area contributed by atoms with Crippen LogP contribution in [0.15, 0.2) is 42.5 Å². The number of aliphatic hydroxyl groups excluding tert-OH is 1. The van der Waals surface area contributed by atoms with Crippen LogP contribution in [0.1, 0.15) is 21.6 Å². The van der Waals surface area contributed by atoms with Crippen LogP contribution in [0.4, 0.5) is 13.2 Å². The summed E-state index contributed by atoms with van der Waals surface area (Å²) in [4.78, 5) is 13.9. The van der Waals surface area contributed by atoms with E-state index in [4.69, 9.17) is 4.74 Å². The number of H-pyrrole nitrogens is 1. The first-order chi connectivity index (χ1) is 13.7. The first-order valence-electron chi connectivity index (χ1n) is 8.84. The summed E-state index contributed by atoms with van der Waals surface area (Å²) >= 11 is 0. The highest BCUT2D eigenvalue weighted by molar-refractivity contribution is 6.04. The number of aryl methyl sites for hydroxylation is 1. The quantitative estimate of drug-likeness (QED) is 0.657. The molecule has 9 heteroatoms. The number of likely N-dealkylation sites (N-methyl/N-ethyl adjacent to an activating group) is 1. The number of rotatable bonds is 6. The first-order valence-corrected chi connectivity index (χ1v) is 8.84. The van der Waals surface area contributed by atoms with Gasteiger partial charge >= 0.3 is 6.18 Å². The second-order valence-corrected chi connectivity index (χ2v) is 6.77. The van der Waals surface area contributed by atoms with Gasteiger partial charge in [0.2, 0.25) is 0 Å². The molecule has 0 aliphatic carbocycles. The zero-order chi connectivity index (χ0) is 21.2. The van der Waals surface area contributed by atoms with E-state index in [1.54, 1.807) is 0 Å². The van der Waals surface area contributed by atoms with Gasteiger partial charge in [0, 0.05) is 19.0 Å². The van der Waals surface area contributed by atoms with Crippen molar-refractivity contribution in [2.75, 3.05) is 20.2 Å². The molecule has 0 saturated carbocycles. The molecular weight excluding hydrogens is 387 g/mol. The molecule has 0 bridgehead atoms. The van der Waals surface area contributed by atoms with Gasteiger partial charge in [-0.3, -0.25) is 9.89 Å². The second-order valence-electron chi connectivity index (χ2n) is 6.77. The molecule has 0 saturated heterocycles. The summed E-state index contributed by atoms with van der Waals surface area (Å²) < 4.78 is 44.1. The Hall–Kier alpha value is -3.07. The number of benzene rings is 2. The van der Waals surface area contributed by atoms with Gasteiger partial charge in [0.05, 0.1) is 11.1 Å². The van der Waals surface area contributed by atoms with Crippen LogP contribution in [-0.4, -0.2) is 52.4 Å². The van der Waals surface area contributed by atoms with Gasteiger partial charge in [-0.2, -0.15) is 18.3 Å². The Balaban J connectivity index is 1.64. The van der Waals surface area contributed by atoms with Crippen LogP contribution < -0.4 is 4.74 Å². The van der Waals surface area contributed by atoms with Gasteiger partial charge in [0.1, 0.15) is 18.5 Å². The van der Waals surface area contributed by atoms with Crippen molar-refractivity contribution in [2.24, 2.45) is 0 Å². The highest BCUT2D eigenvalue weighted by Gasteiger charge is 2.34. The van der Waals surface area contributed by atoms with E-state index >= 15 is 0 Å². The van der Waals surface area contributed by atoms with Gasteiger partial charge in [-0.25, -0.2) is 0 Å². The fourth-order valence-electron chi connectivity index (χ4n) is 2.94. The molecule has 1 unspecified atom stereocenters. The third kappa shape index (κ3) is 4.68. The van der Waals surface area contributed by atoms with Gasteiger partial charge < -0.3 is 14.7 Å². The number of aromatic amines is 1. The Labute approximate surface area is 164 Å². The summed E-state index contributed by atoms with van der Waals surface area (Å²) in [5.41, 5.74) is 0.962. The zero-order valence-electron chi connectivity index (χ0n) is 15.8. The van der Waals surface area contributed by atoms with Crippen LogP contribution in [0.5, 0.6) is 5.75 Å². The number of nitrogens with one attached hydrogen (secondary N) is 1. The first kappa shape index (κ1) is 20.7. The van der Waals surface area contributed by atoms with E-state index in [0.717, 1.165) is 11.6 Å². The molecule has 1 aromatic heterocycles. The lowest BCUT2D eigenvalue weighted by Crippen LogP contribution is -2.37. The summed E-state index contributed by atoms with van der Waals surface area (Å²) in [7, 11) is 1.48. The summed E-state index contributed by atoms with van der Waals surface area (Å²) in [6, 6.07) is 10.3. The molecule has 1 heterocycles. The SMILES string of the molecule is Cc1ccc2[nH]nc(C(=O)N(C)CC(O)COc3ccccc3C(F)(F)F)c2c1. The van der Waals surface area contributed by atoms with Gasteiger partial charge in [0.25, 0.3) is 5.91 Å². The Morgan fingerprint density at radius 2 is 2.00 bits per heavy atom. The van der Waals surface area contributed by atoms with E-state index in [9.17, 15) is 23.1 Å². The number of amides is 1. The van der Waals surface area contributed by atoms with Crippen molar-refractivity contribution in [1.82, 2.24) is 15.1 Å². The number of ether oxygens (including phenoxy) is 1. The molecule has 2 N–H and O–H groups in total. The highest BCUT2D eigenvalue weighted by Crippen LogP contribution is 2.35. The molecule has 3 rings (SSSR count). The third-order valence-corrected chi connectivity index (χ3v) is 4.38.